The van der Waals surface area contributed by atoms with Gasteiger partial charge in [-0.15, -0.1) is 0 Å². The molecule has 0 radical (unpaired) electrons. The molecule has 0 N–H and O–H groups in total. The number of carbonyl (C=O) groups is 1. The Balaban J connectivity index is 2.86. The summed E-state index contributed by atoms with van der Waals surface area (Å²) in [6.07, 6.45) is -0.0518. The van der Waals surface area contributed by atoms with Crippen LogP contribution in [0.15, 0.2) is 18.2 Å². The molecule has 0 atom stereocenters. The zero-order valence-corrected chi connectivity index (χ0v) is 9.65. The van der Waals surface area contributed by atoms with E-state index in [-0.39, 0.29) is 17.1 Å². The molecular formula is C11H8ClNO4. The predicted molar refractivity (Wildman–Crippen MR) is 61.6 cm³/mol. The van der Waals surface area contributed by atoms with E-state index >= 15 is 0 Å². The monoisotopic (exact) mass is 253 g/mol. The lowest BCUT2D eigenvalue weighted by Crippen LogP contribution is -1.97. The Bertz CT molecular complexity index is 516. The number of hydrogen-bond donors (Lipinski definition) is 0. The smallest absolute Gasteiger partial charge is 0.317 e. The van der Waals surface area contributed by atoms with Crippen molar-refractivity contribution in [3.8, 4) is 11.8 Å². The van der Waals surface area contributed by atoms with Gasteiger partial charge in [-0.1, -0.05) is 23.4 Å². The van der Waals surface area contributed by atoms with Crippen LogP contribution in [-0.4, -0.2) is 18.0 Å². The standard InChI is InChI=1S/C11H8ClNO4/c1-17-11(14)4-2-3-8-5-6-9(13(15)16)7-10(8)12/h5-7H,4H2,1H3. The highest BCUT2D eigenvalue weighted by Crippen LogP contribution is 2.21. The quantitative estimate of drug-likeness (QED) is 0.350. The van der Waals surface area contributed by atoms with Crippen LogP contribution in [0.25, 0.3) is 0 Å². The third kappa shape index (κ3) is 3.78. The molecule has 88 valence electrons. The van der Waals surface area contributed by atoms with Crippen molar-refractivity contribution >= 4 is 23.3 Å². The molecule has 6 heteroatoms. The number of nitro groups is 1. The van der Waals surface area contributed by atoms with Gasteiger partial charge in [-0.2, -0.15) is 0 Å². The van der Waals surface area contributed by atoms with E-state index in [2.05, 4.69) is 16.6 Å². The van der Waals surface area contributed by atoms with Gasteiger partial charge in [-0.05, 0) is 6.07 Å². The van der Waals surface area contributed by atoms with Gasteiger partial charge in [-0.25, -0.2) is 0 Å². The van der Waals surface area contributed by atoms with Crippen molar-refractivity contribution in [1.82, 2.24) is 0 Å². The molecule has 0 fully saturated rings. The summed E-state index contributed by atoms with van der Waals surface area (Å²) in [7, 11) is 1.27. The van der Waals surface area contributed by atoms with E-state index in [1.807, 2.05) is 0 Å². The van der Waals surface area contributed by atoms with E-state index < -0.39 is 10.9 Å². The summed E-state index contributed by atoms with van der Waals surface area (Å²) < 4.78 is 4.41. The van der Waals surface area contributed by atoms with Gasteiger partial charge in [0.15, 0.2) is 0 Å². The number of hydrogen-bond acceptors (Lipinski definition) is 4. The average Bonchev–Trinajstić information content (AvgIpc) is 2.30. The van der Waals surface area contributed by atoms with Crippen molar-refractivity contribution in [2.24, 2.45) is 0 Å². The summed E-state index contributed by atoms with van der Waals surface area (Å²) in [5, 5.41) is 10.6. The van der Waals surface area contributed by atoms with Crippen molar-refractivity contribution in [3.05, 3.63) is 38.9 Å². The van der Waals surface area contributed by atoms with Crippen molar-refractivity contribution in [1.29, 1.82) is 0 Å². The third-order valence-electron chi connectivity index (χ3n) is 1.85. The lowest BCUT2D eigenvalue weighted by atomic mass is 10.2. The molecule has 0 aliphatic rings. The van der Waals surface area contributed by atoms with Crippen LogP contribution < -0.4 is 0 Å². The lowest BCUT2D eigenvalue weighted by molar-refractivity contribution is -0.384. The minimum atomic E-state index is -0.544. The fourth-order valence-electron chi connectivity index (χ4n) is 1.00. The maximum absolute atomic E-state index is 10.8. The highest BCUT2D eigenvalue weighted by molar-refractivity contribution is 6.32. The number of nitro benzene ring substituents is 1. The molecule has 0 spiro atoms. The second kappa shape index (κ2) is 5.87. The lowest BCUT2D eigenvalue weighted by Gasteiger charge is -1.95. The Hall–Kier alpha value is -2.06. The summed E-state index contributed by atoms with van der Waals surface area (Å²) in [6.45, 7) is 0. The largest absolute Gasteiger partial charge is 0.468 e. The van der Waals surface area contributed by atoms with Crippen LogP contribution in [-0.2, 0) is 9.53 Å². The molecule has 1 aromatic rings. The van der Waals surface area contributed by atoms with Gasteiger partial charge in [0.1, 0.15) is 6.42 Å². The molecule has 0 heterocycles. The molecule has 0 unspecified atom stereocenters. The molecule has 0 aromatic heterocycles. The highest BCUT2D eigenvalue weighted by Gasteiger charge is 2.07. The number of ether oxygens (including phenoxy) is 1. The number of methoxy groups -OCH3 is 1. The zero-order chi connectivity index (χ0) is 12.8. The van der Waals surface area contributed by atoms with Crippen molar-refractivity contribution in [2.75, 3.05) is 7.11 Å². The molecule has 1 aromatic carbocycles. The summed E-state index contributed by atoms with van der Waals surface area (Å²) >= 11 is 5.80. The number of rotatable bonds is 2. The van der Waals surface area contributed by atoms with Gasteiger partial charge >= 0.3 is 5.97 Å². The van der Waals surface area contributed by atoms with Gasteiger partial charge in [0, 0.05) is 17.7 Å². The summed E-state index contributed by atoms with van der Waals surface area (Å²) in [4.78, 5) is 20.7. The summed E-state index contributed by atoms with van der Waals surface area (Å²) in [6, 6.07) is 3.95. The fraction of sp³-hybridized carbons (Fsp3) is 0.182. The van der Waals surface area contributed by atoms with E-state index in [1.54, 1.807) is 0 Å². The highest BCUT2D eigenvalue weighted by atomic mass is 35.5. The van der Waals surface area contributed by atoms with Crippen LogP contribution in [0.1, 0.15) is 12.0 Å². The number of halogens is 1. The molecular weight excluding hydrogens is 246 g/mol. The van der Waals surface area contributed by atoms with Gasteiger partial charge in [0.05, 0.1) is 17.1 Å². The first-order chi connectivity index (χ1) is 8.04. The minimum absolute atomic E-state index is 0.0518. The first-order valence-electron chi connectivity index (χ1n) is 4.54. The molecule has 0 bridgehead atoms. The van der Waals surface area contributed by atoms with Crippen LogP contribution in [0.4, 0.5) is 5.69 Å². The van der Waals surface area contributed by atoms with Gasteiger partial charge in [-0.3, -0.25) is 14.9 Å². The minimum Gasteiger partial charge on any atom is -0.468 e. The van der Waals surface area contributed by atoms with E-state index in [0.29, 0.717) is 5.56 Å². The second-order valence-corrected chi connectivity index (χ2v) is 3.38. The average molecular weight is 254 g/mol. The molecule has 1 rings (SSSR count). The predicted octanol–water partition coefficient (Wildman–Crippen LogP) is 2.16. The molecule has 0 saturated heterocycles. The van der Waals surface area contributed by atoms with Crippen molar-refractivity contribution < 1.29 is 14.5 Å². The number of non-ortho nitro benzene ring substituents is 1. The van der Waals surface area contributed by atoms with Crippen LogP contribution in [0.2, 0.25) is 5.02 Å². The van der Waals surface area contributed by atoms with Crippen molar-refractivity contribution in [3.63, 3.8) is 0 Å². The first kappa shape index (κ1) is 13.0. The maximum atomic E-state index is 10.8. The Morgan fingerprint density at radius 1 is 1.59 bits per heavy atom. The molecule has 0 aliphatic carbocycles. The summed E-state index contributed by atoms with van der Waals surface area (Å²) in [5.74, 6) is 4.75. The van der Waals surface area contributed by atoms with E-state index in [0.717, 1.165) is 0 Å². The van der Waals surface area contributed by atoms with E-state index in [9.17, 15) is 14.9 Å². The van der Waals surface area contributed by atoms with Gasteiger partial charge < -0.3 is 4.74 Å². The van der Waals surface area contributed by atoms with Crippen LogP contribution in [0, 0.1) is 22.0 Å². The third-order valence-corrected chi connectivity index (χ3v) is 2.16. The van der Waals surface area contributed by atoms with E-state index in [1.165, 1.54) is 25.3 Å². The Labute approximate surface area is 102 Å². The SMILES string of the molecule is COC(=O)CC#Cc1ccc([N+](=O)[O-])cc1Cl. The Morgan fingerprint density at radius 2 is 2.29 bits per heavy atom. The first-order valence-corrected chi connectivity index (χ1v) is 4.92. The van der Waals surface area contributed by atoms with Crippen molar-refractivity contribution in [2.45, 2.75) is 6.42 Å². The van der Waals surface area contributed by atoms with Crippen LogP contribution in [0.3, 0.4) is 0 Å². The Kier molecular flexibility index (Phi) is 4.49. The summed E-state index contributed by atoms with van der Waals surface area (Å²) in [5.41, 5.74) is 0.328. The fourth-order valence-corrected chi connectivity index (χ4v) is 1.22. The second-order valence-electron chi connectivity index (χ2n) is 2.98. The van der Waals surface area contributed by atoms with Gasteiger partial charge in [0.25, 0.3) is 5.69 Å². The normalized spacial score (nSPS) is 9.06. The van der Waals surface area contributed by atoms with Crippen LogP contribution >= 0.6 is 11.6 Å². The number of carbonyl (C=O) groups excluding carboxylic acids is 1. The van der Waals surface area contributed by atoms with E-state index in [4.69, 9.17) is 11.6 Å². The molecule has 5 nitrogen and oxygen atoms in total. The van der Waals surface area contributed by atoms with Gasteiger partial charge in [0.2, 0.25) is 0 Å². The molecule has 0 aliphatic heterocycles. The number of nitrogens with zero attached hydrogens (tertiary/aromatic N) is 1. The zero-order valence-electron chi connectivity index (χ0n) is 8.90. The molecule has 0 saturated carbocycles. The molecule has 0 amide bonds. The Morgan fingerprint density at radius 3 is 2.82 bits per heavy atom. The topological polar surface area (TPSA) is 69.4 Å². The maximum Gasteiger partial charge on any atom is 0.317 e. The number of benzene rings is 1. The number of esters is 1. The van der Waals surface area contributed by atoms with Crippen LogP contribution in [0.5, 0.6) is 0 Å². The molecule has 17 heavy (non-hydrogen) atoms.